The topological polar surface area (TPSA) is 71.3 Å². The Labute approximate surface area is 134 Å². The highest BCUT2D eigenvalue weighted by Crippen LogP contribution is 2.18. The van der Waals surface area contributed by atoms with Gasteiger partial charge in [0.25, 0.3) is 5.56 Å². The number of aromatic nitrogens is 1. The first-order chi connectivity index (χ1) is 10.7. The number of halogens is 1. The van der Waals surface area contributed by atoms with Crippen molar-refractivity contribution in [3.8, 4) is 0 Å². The zero-order valence-electron chi connectivity index (χ0n) is 12.3. The minimum Gasteiger partial charge on any atom is -0.376 e. The molecule has 1 saturated heterocycles. The molecule has 5 nitrogen and oxygen atoms in total. The third kappa shape index (κ3) is 3.50. The van der Waals surface area contributed by atoms with Gasteiger partial charge in [0.1, 0.15) is 0 Å². The molecule has 0 spiro atoms. The Balaban J connectivity index is 1.80. The van der Waals surface area contributed by atoms with Gasteiger partial charge < -0.3 is 15.5 Å². The standard InChI is InChI=1S/C16H20ClN3O2/c17-13-2-1-11-7-12(16(21)19-15(11)8-13)9-20-5-6-22-14(10-20)3-4-18/h1-2,7-8,14H,3-6,9-10,18H2,(H,19,21)/t14-/m0/s1. The van der Waals surface area contributed by atoms with Crippen LogP contribution in [0.3, 0.4) is 0 Å². The minimum absolute atomic E-state index is 0.0587. The lowest BCUT2D eigenvalue weighted by Gasteiger charge is -2.32. The Kier molecular flexibility index (Phi) is 4.78. The first kappa shape index (κ1) is 15.5. The molecule has 1 aliphatic heterocycles. The van der Waals surface area contributed by atoms with Crippen molar-refractivity contribution in [3.05, 3.63) is 45.2 Å². The molecule has 22 heavy (non-hydrogen) atoms. The van der Waals surface area contributed by atoms with E-state index in [4.69, 9.17) is 22.1 Å². The van der Waals surface area contributed by atoms with Crippen LogP contribution in [0.25, 0.3) is 10.9 Å². The van der Waals surface area contributed by atoms with Crippen molar-refractivity contribution >= 4 is 22.5 Å². The van der Waals surface area contributed by atoms with Gasteiger partial charge >= 0.3 is 0 Å². The SMILES string of the molecule is NCC[C@H]1CN(Cc2cc3ccc(Cl)cc3[nH]c2=O)CCO1. The van der Waals surface area contributed by atoms with Gasteiger partial charge in [0.05, 0.1) is 12.7 Å². The van der Waals surface area contributed by atoms with Crippen molar-refractivity contribution in [1.82, 2.24) is 9.88 Å². The molecule has 3 N–H and O–H groups in total. The molecule has 2 heterocycles. The molecule has 1 aromatic carbocycles. The fourth-order valence-electron chi connectivity index (χ4n) is 2.86. The third-order valence-electron chi connectivity index (χ3n) is 3.99. The van der Waals surface area contributed by atoms with E-state index in [1.165, 1.54) is 0 Å². The first-order valence-corrected chi connectivity index (χ1v) is 7.89. The summed E-state index contributed by atoms with van der Waals surface area (Å²) < 4.78 is 5.68. The van der Waals surface area contributed by atoms with Crippen LogP contribution in [0.5, 0.6) is 0 Å². The van der Waals surface area contributed by atoms with Gasteiger partial charge in [-0.05, 0) is 36.6 Å². The number of hydrogen-bond acceptors (Lipinski definition) is 4. The Morgan fingerprint density at radius 1 is 1.41 bits per heavy atom. The molecular formula is C16H20ClN3O2. The highest BCUT2D eigenvalue weighted by atomic mass is 35.5. The van der Waals surface area contributed by atoms with E-state index in [0.717, 1.165) is 36.0 Å². The number of H-pyrrole nitrogens is 1. The summed E-state index contributed by atoms with van der Waals surface area (Å²) in [4.78, 5) is 17.4. The molecule has 2 aromatic rings. The lowest BCUT2D eigenvalue weighted by molar-refractivity contribution is -0.0336. The van der Waals surface area contributed by atoms with Gasteiger partial charge in [-0.3, -0.25) is 9.69 Å². The summed E-state index contributed by atoms with van der Waals surface area (Å²) in [6, 6.07) is 7.47. The number of ether oxygens (including phenoxy) is 1. The van der Waals surface area contributed by atoms with Crippen molar-refractivity contribution in [2.75, 3.05) is 26.2 Å². The molecule has 0 bridgehead atoms. The Morgan fingerprint density at radius 3 is 3.09 bits per heavy atom. The van der Waals surface area contributed by atoms with Gasteiger partial charge in [-0.15, -0.1) is 0 Å². The molecule has 1 fully saturated rings. The maximum absolute atomic E-state index is 12.2. The van der Waals surface area contributed by atoms with Crippen LogP contribution in [0.1, 0.15) is 12.0 Å². The van der Waals surface area contributed by atoms with Gasteiger partial charge in [0.15, 0.2) is 0 Å². The van der Waals surface area contributed by atoms with Crippen molar-refractivity contribution in [2.24, 2.45) is 5.73 Å². The second-order valence-corrected chi connectivity index (χ2v) is 6.10. The van der Waals surface area contributed by atoms with E-state index in [9.17, 15) is 4.79 Å². The lowest BCUT2D eigenvalue weighted by atomic mass is 10.1. The highest BCUT2D eigenvalue weighted by molar-refractivity contribution is 6.31. The summed E-state index contributed by atoms with van der Waals surface area (Å²) in [5.41, 5.74) is 7.07. The van der Waals surface area contributed by atoms with Crippen LogP contribution < -0.4 is 11.3 Å². The van der Waals surface area contributed by atoms with E-state index < -0.39 is 0 Å². The molecule has 0 aliphatic carbocycles. The van der Waals surface area contributed by atoms with E-state index in [2.05, 4.69) is 9.88 Å². The van der Waals surface area contributed by atoms with Crippen LogP contribution >= 0.6 is 11.6 Å². The number of aromatic amines is 1. The first-order valence-electron chi connectivity index (χ1n) is 7.51. The molecule has 6 heteroatoms. The number of nitrogens with zero attached hydrogens (tertiary/aromatic N) is 1. The molecular weight excluding hydrogens is 302 g/mol. The molecule has 1 atom stereocenters. The van der Waals surface area contributed by atoms with Crippen molar-refractivity contribution in [3.63, 3.8) is 0 Å². The molecule has 118 valence electrons. The molecule has 0 amide bonds. The maximum Gasteiger partial charge on any atom is 0.252 e. The largest absolute Gasteiger partial charge is 0.376 e. The predicted octanol–water partition coefficient (Wildman–Crippen LogP) is 1.73. The van der Waals surface area contributed by atoms with Crippen molar-refractivity contribution in [2.45, 2.75) is 19.1 Å². The number of hydrogen-bond donors (Lipinski definition) is 2. The number of pyridine rings is 1. The van der Waals surface area contributed by atoms with Crippen LogP contribution in [0.4, 0.5) is 0 Å². The fraction of sp³-hybridized carbons (Fsp3) is 0.438. The van der Waals surface area contributed by atoms with Crippen LogP contribution in [-0.4, -0.2) is 42.2 Å². The van der Waals surface area contributed by atoms with E-state index in [0.29, 0.717) is 24.7 Å². The van der Waals surface area contributed by atoms with Crippen LogP contribution in [0.2, 0.25) is 5.02 Å². The number of fused-ring (bicyclic) bond motifs is 1. The highest BCUT2D eigenvalue weighted by Gasteiger charge is 2.20. The predicted molar refractivity (Wildman–Crippen MR) is 88.3 cm³/mol. The van der Waals surface area contributed by atoms with Crippen molar-refractivity contribution < 1.29 is 4.74 Å². The van der Waals surface area contributed by atoms with E-state index in [-0.39, 0.29) is 11.7 Å². The smallest absolute Gasteiger partial charge is 0.252 e. The van der Waals surface area contributed by atoms with Gasteiger partial charge in [0.2, 0.25) is 0 Å². The van der Waals surface area contributed by atoms with Gasteiger partial charge in [0, 0.05) is 35.7 Å². The molecule has 0 radical (unpaired) electrons. The summed E-state index contributed by atoms with van der Waals surface area (Å²) in [6.45, 7) is 3.58. The molecule has 3 rings (SSSR count). The van der Waals surface area contributed by atoms with Gasteiger partial charge in [-0.25, -0.2) is 0 Å². The third-order valence-corrected chi connectivity index (χ3v) is 4.23. The zero-order chi connectivity index (χ0) is 15.5. The van der Waals surface area contributed by atoms with Crippen LogP contribution in [0.15, 0.2) is 29.1 Å². The summed E-state index contributed by atoms with van der Waals surface area (Å²) >= 11 is 5.96. The zero-order valence-corrected chi connectivity index (χ0v) is 13.1. The average molecular weight is 322 g/mol. The molecule has 0 saturated carbocycles. The van der Waals surface area contributed by atoms with Crippen molar-refractivity contribution in [1.29, 1.82) is 0 Å². The average Bonchev–Trinajstić information content (AvgIpc) is 2.49. The summed E-state index contributed by atoms with van der Waals surface area (Å²) in [7, 11) is 0. The number of morpholine rings is 1. The second kappa shape index (κ2) is 6.79. The monoisotopic (exact) mass is 321 g/mol. The Bertz CT molecular complexity index is 714. The summed E-state index contributed by atoms with van der Waals surface area (Å²) in [6.07, 6.45) is 1.01. The van der Waals surface area contributed by atoms with Crippen LogP contribution in [0, 0.1) is 0 Å². The van der Waals surface area contributed by atoms with Crippen LogP contribution in [-0.2, 0) is 11.3 Å². The van der Waals surface area contributed by atoms with Gasteiger partial charge in [-0.2, -0.15) is 0 Å². The molecule has 0 unspecified atom stereocenters. The maximum atomic E-state index is 12.2. The van der Waals surface area contributed by atoms with E-state index >= 15 is 0 Å². The summed E-state index contributed by atoms with van der Waals surface area (Å²) in [5, 5.41) is 1.61. The minimum atomic E-state index is -0.0587. The Hall–Kier alpha value is -1.40. The summed E-state index contributed by atoms with van der Waals surface area (Å²) in [5.74, 6) is 0. The molecule has 1 aromatic heterocycles. The van der Waals surface area contributed by atoms with E-state index in [1.54, 1.807) is 6.07 Å². The Morgan fingerprint density at radius 2 is 2.27 bits per heavy atom. The number of benzene rings is 1. The fourth-order valence-corrected chi connectivity index (χ4v) is 3.03. The quantitative estimate of drug-likeness (QED) is 0.899. The van der Waals surface area contributed by atoms with E-state index in [1.807, 2.05) is 18.2 Å². The number of rotatable bonds is 4. The molecule has 1 aliphatic rings. The second-order valence-electron chi connectivity index (χ2n) is 5.66. The number of nitrogens with two attached hydrogens (primary N) is 1. The van der Waals surface area contributed by atoms with Gasteiger partial charge in [-0.1, -0.05) is 17.7 Å². The normalized spacial score (nSPS) is 19.6. The number of nitrogens with one attached hydrogen (secondary N) is 1. The lowest BCUT2D eigenvalue weighted by Crippen LogP contribution is -2.43.